The molecular weight excluding hydrogens is 306 g/mol. The van der Waals surface area contributed by atoms with Crippen molar-refractivity contribution in [1.29, 1.82) is 0 Å². The van der Waals surface area contributed by atoms with E-state index in [2.05, 4.69) is 28.0 Å². The van der Waals surface area contributed by atoms with Crippen molar-refractivity contribution >= 4 is 15.9 Å². The van der Waals surface area contributed by atoms with Gasteiger partial charge in [-0.25, -0.2) is 0 Å². The Kier molecular flexibility index (Phi) is 3.87. The Bertz CT molecular complexity index is 613. The van der Waals surface area contributed by atoms with E-state index in [0.717, 1.165) is 44.9 Å². The Morgan fingerprint density at radius 3 is 2.32 bits per heavy atom. The van der Waals surface area contributed by atoms with Gasteiger partial charge >= 0.3 is 0 Å². The van der Waals surface area contributed by atoms with E-state index in [1.807, 2.05) is 32.5 Å². The van der Waals surface area contributed by atoms with Gasteiger partial charge in [0, 0.05) is 25.1 Å². The molecule has 2 heterocycles. The van der Waals surface area contributed by atoms with Crippen LogP contribution in [0.5, 0.6) is 0 Å². The predicted octanol–water partition coefficient (Wildman–Crippen LogP) is 3.25. The minimum Gasteiger partial charge on any atom is -0.466 e. The lowest BCUT2D eigenvalue weighted by Crippen LogP contribution is -2.17. The Morgan fingerprint density at radius 2 is 1.89 bits per heavy atom. The highest BCUT2D eigenvalue weighted by Crippen LogP contribution is 2.30. The van der Waals surface area contributed by atoms with Crippen molar-refractivity contribution in [3.8, 4) is 0 Å². The summed E-state index contributed by atoms with van der Waals surface area (Å²) in [6.45, 7) is 7.99. The molecule has 0 aromatic carbocycles. The Morgan fingerprint density at radius 1 is 1.26 bits per heavy atom. The van der Waals surface area contributed by atoms with Crippen LogP contribution in [0.1, 0.15) is 40.1 Å². The highest BCUT2D eigenvalue weighted by molar-refractivity contribution is 9.10. The molecule has 0 radical (unpaired) electrons. The SMILES string of the molecule is Cc1nn(C)c(CC(N)c2c(C)oc(C)c2C)c1Br. The lowest BCUT2D eigenvalue weighted by atomic mass is 9.99. The second-order valence-corrected chi connectivity index (χ2v) is 5.83. The van der Waals surface area contributed by atoms with Gasteiger partial charge in [0.15, 0.2) is 0 Å². The first-order valence-corrected chi connectivity index (χ1v) is 7.12. The summed E-state index contributed by atoms with van der Waals surface area (Å²) < 4.78 is 8.58. The molecule has 0 amide bonds. The molecule has 0 spiro atoms. The topological polar surface area (TPSA) is 57.0 Å². The van der Waals surface area contributed by atoms with Gasteiger partial charge in [0.25, 0.3) is 0 Å². The molecule has 1 unspecified atom stereocenters. The van der Waals surface area contributed by atoms with Crippen LogP contribution in [0.15, 0.2) is 8.89 Å². The number of hydrogen-bond acceptors (Lipinski definition) is 3. The summed E-state index contributed by atoms with van der Waals surface area (Å²) in [5.41, 5.74) is 10.7. The summed E-state index contributed by atoms with van der Waals surface area (Å²) in [5.74, 6) is 1.86. The van der Waals surface area contributed by atoms with Crippen molar-refractivity contribution < 1.29 is 4.42 Å². The highest BCUT2D eigenvalue weighted by atomic mass is 79.9. The number of furan rings is 1. The van der Waals surface area contributed by atoms with Gasteiger partial charge in [-0.3, -0.25) is 4.68 Å². The summed E-state index contributed by atoms with van der Waals surface area (Å²) >= 11 is 3.58. The summed E-state index contributed by atoms with van der Waals surface area (Å²) in [6, 6.07) is -0.0800. The quantitative estimate of drug-likeness (QED) is 0.942. The zero-order valence-electron chi connectivity index (χ0n) is 12.0. The van der Waals surface area contributed by atoms with Crippen LogP contribution >= 0.6 is 15.9 Å². The maximum absolute atomic E-state index is 6.37. The molecule has 0 aliphatic rings. The second-order valence-electron chi connectivity index (χ2n) is 5.03. The van der Waals surface area contributed by atoms with Crippen molar-refractivity contribution in [3.63, 3.8) is 0 Å². The number of hydrogen-bond donors (Lipinski definition) is 1. The molecule has 0 aliphatic heterocycles. The monoisotopic (exact) mass is 325 g/mol. The Labute approximate surface area is 122 Å². The smallest absolute Gasteiger partial charge is 0.106 e. The third-order valence-corrected chi connectivity index (χ3v) is 4.69. The number of nitrogens with two attached hydrogens (primary N) is 1. The first-order valence-electron chi connectivity index (χ1n) is 6.33. The third kappa shape index (κ3) is 2.49. The van der Waals surface area contributed by atoms with Crippen molar-refractivity contribution in [2.45, 2.75) is 40.2 Å². The zero-order chi connectivity index (χ0) is 14.3. The van der Waals surface area contributed by atoms with E-state index in [4.69, 9.17) is 10.2 Å². The lowest BCUT2D eigenvalue weighted by Gasteiger charge is -2.13. The normalized spacial score (nSPS) is 13.0. The molecular formula is C14H20BrN3O. The molecule has 0 fully saturated rings. The van der Waals surface area contributed by atoms with Crippen LogP contribution in [0.3, 0.4) is 0 Å². The average molecular weight is 326 g/mol. The van der Waals surface area contributed by atoms with E-state index >= 15 is 0 Å². The molecule has 104 valence electrons. The predicted molar refractivity (Wildman–Crippen MR) is 79.2 cm³/mol. The minimum absolute atomic E-state index is 0.0800. The fraction of sp³-hybridized carbons (Fsp3) is 0.500. The molecule has 4 nitrogen and oxygen atoms in total. The number of halogens is 1. The fourth-order valence-electron chi connectivity index (χ4n) is 2.57. The van der Waals surface area contributed by atoms with Crippen LogP contribution in [0.2, 0.25) is 0 Å². The van der Waals surface area contributed by atoms with Crippen LogP contribution in [0, 0.1) is 27.7 Å². The van der Waals surface area contributed by atoms with Crippen molar-refractivity contribution in [3.05, 3.63) is 38.5 Å². The summed E-state index contributed by atoms with van der Waals surface area (Å²) in [6.07, 6.45) is 0.735. The van der Waals surface area contributed by atoms with E-state index in [0.29, 0.717) is 0 Å². The van der Waals surface area contributed by atoms with Gasteiger partial charge in [0.05, 0.1) is 15.9 Å². The summed E-state index contributed by atoms with van der Waals surface area (Å²) in [7, 11) is 1.94. The van der Waals surface area contributed by atoms with Gasteiger partial charge in [-0.15, -0.1) is 0 Å². The van der Waals surface area contributed by atoms with Gasteiger partial charge in [-0.2, -0.15) is 5.10 Å². The Balaban J connectivity index is 2.33. The van der Waals surface area contributed by atoms with E-state index in [9.17, 15) is 0 Å². The first kappa shape index (κ1) is 14.3. The van der Waals surface area contributed by atoms with Gasteiger partial charge in [0.1, 0.15) is 11.5 Å². The average Bonchev–Trinajstić information content (AvgIpc) is 2.70. The number of aryl methyl sites for hydroxylation is 4. The molecule has 5 heteroatoms. The van der Waals surface area contributed by atoms with E-state index < -0.39 is 0 Å². The first-order chi connectivity index (χ1) is 8.82. The molecule has 0 aliphatic carbocycles. The molecule has 2 N–H and O–H groups in total. The van der Waals surface area contributed by atoms with Crippen LogP contribution in [0.25, 0.3) is 0 Å². The molecule has 0 saturated heterocycles. The van der Waals surface area contributed by atoms with Crippen LogP contribution in [0.4, 0.5) is 0 Å². The van der Waals surface area contributed by atoms with Crippen LogP contribution < -0.4 is 5.73 Å². The minimum atomic E-state index is -0.0800. The molecule has 19 heavy (non-hydrogen) atoms. The molecule has 2 aromatic rings. The molecule has 1 atom stereocenters. The summed E-state index contributed by atoms with van der Waals surface area (Å²) in [5, 5.41) is 4.40. The zero-order valence-corrected chi connectivity index (χ0v) is 13.6. The van der Waals surface area contributed by atoms with Crippen molar-refractivity contribution in [2.24, 2.45) is 12.8 Å². The molecule has 0 saturated carbocycles. The fourth-order valence-corrected chi connectivity index (χ4v) is 3.06. The third-order valence-electron chi connectivity index (χ3n) is 3.66. The van der Waals surface area contributed by atoms with Gasteiger partial charge < -0.3 is 10.2 Å². The number of aromatic nitrogens is 2. The molecule has 2 aromatic heterocycles. The van der Waals surface area contributed by atoms with Gasteiger partial charge in [-0.05, 0) is 49.2 Å². The Hall–Kier alpha value is -1.07. The standard InChI is InChI=1S/C14H20BrN3O/c1-7-9(3)19-10(4)13(7)11(16)6-12-14(15)8(2)17-18(12)5/h11H,6,16H2,1-5H3. The summed E-state index contributed by atoms with van der Waals surface area (Å²) in [4.78, 5) is 0. The maximum atomic E-state index is 6.37. The van der Waals surface area contributed by atoms with Crippen LogP contribution in [-0.2, 0) is 13.5 Å². The number of rotatable bonds is 3. The van der Waals surface area contributed by atoms with E-state index in [-0.39, 0.29) is 6.04 Å². The van der Waals surface area contributed by atoms with Crippen molar-refractivity contribution in [1.82, 2.24) is 9.78 Å². The lowest BCUT2D eigenvalue weighted by molar-refractivity contribution is 0.495. The number of nitrogens with zero attached hydrogens (tertiary/aromatic N) is 2. The highest BCUT2D eigenvalue weighted by Gasteiger charge is 2.21. The van der Waals surface area contributed by atoms with Crippen molar-refractivity contribution in [2.75, 3.05) is 0 Å². The van der Waals surface area contributed by atoms with Gasteiger partial charge in [0.2, 0.25) is 0 Å². The van der Waals surface area contributed by atoms with E-state index in [1.54, 1.807) is 0 Å². The van der Waals surface area contributed by atoms with E-state index in [1.165, 1.54) is 0 Å². The maximum Gasteiger partial charge on any atom is 0.106 e. The van der Waals surface area contributed by atoms with Gasteiger partial charge in [-0.1, -0.05) is 0 Å². The van der Waals surface area contributed by atoms with Crippen LogP contribution in [-0.4, -0.2) is 9.78 Å². The molecule has 0 bridgehead atoms. The molecule has 2 rings (SSSR count). The largest absolute Gasteiger partial charge is 0.466 e. The second kappa shape index (κ2) is 5.13.